The maximum Gasteiger partial charge on any atom is 0.0603 e. The van der Waals surface area contributed by atoms with Gasteiger partial charge in [-0.3, -0.25) is 4.98 Å². The number of nitrogens with two attached hydrogens (primary N) is 1. The van der Waals surface area contributed by atoms with Crippen molar-refractivity contribution in [1.82, 2.24) is 4.98 Å². The van der Waals surface area contributed by atoms with Gasteiger partial charge < -0.3 is 5.73 Å². The summed E-state index contributed by atoms with van der Waals surface area (Å²) >= 11 is 0. The third-order valence-corrected chi connectivity index (χ3v) is 3.68. The third-order valence-electron chi connectivity index (χ3n) is 3.68. The summed E-state index contributed by atoms with van der Waals surface area (Å²) in [6, 6.07) is 12.7. The fraction of sp³-hybridized carbons (Fsp3) is 0.389. The van der Waals surface area contributed by atoms with Crippen LogP contribution in [0, 0.1) is 6.92 Å². The van der Waals surface area contributed by atoms with Gasteiger partial charge in [-0.2, -0.15) is 0 Å². The standard InChI is InChI=1S/C18H24N2/c1-13-6-5-11-20-17(13)16(19)12-14-7-9-15(10-8-14)18(2,3)4/h5-11,16H,12,19H2,1-4H3. The van der Waals surface area contributed by atoms with Crippen LogP contribution in [-0.2, 0) is 11.8 Å². The molecule has 2 aromatic rings. The quantitative estimate of drug-likeness (QED) is 0.916. The topological polar surface area (TPSA) is 38.9 Å². The Labute approximate surface area is 122 Å². The fourth-order valence-corrected chi connectivity index (χ4v) is 2.38. The monoisotopic (exact) mass is 268 g/mol. The Bertz CT molecular complexity index is 565. The number of rotatable bonds is 3. The minimum Gasteiger partial charge on any atom is -0.322 e. The maximum absolute atomic E-state index is 6.29. The van der Waals surface area contributed by atoms with Crippen LogP contribution < -0.4 is 5.73 Å². The normalized spacial score (nSPS) is 13.2. The van der Waals surface area contributed by atoms with E-state index < -0.39 is 0 Å². The molecule has 2 heteroatoms. The second-order valence-corrected chi connectivity index (χ2v) is 6.46. The lowest BCUT2D eigenvalue weighted by molar-refractivity contribution is 0.589. The van der Waals surface area contributed by atoms with Crippen LogP contribution in [0.15, 0.2) is 42.6 Å². The van der Waals surface area contributed by atoms with Gasteiger partial charge in [-0.05, 0) is 41.5 Å². The first-order valence-electron chi connectivity index (χ1n) is 7.14. The van der Waals surface area contributed by atoms with Crippen LogP contribution in [-0.4, -0.2) is 4.98 Å². The van der Waals surface area contributed by atoms with Gasteiger partial charge >= 0.3 is 0 Å². The largest absolute Gasteiger partial charge is 0.322 e. The van der Waals surface area contributed by atoms with Crippen LogP contribution in [0.5, 0.6) is 0 Å². The molecule has 0 saturated carbocycles. The molecule has 0 amide bonds. The Kier molecular flexibility index (Phi) is 4.24. The smallest absolute Gasteiger partial charge is 0.0603 e. The SMILES string of the molecule is Cc1cccnc1C(N)Cc1ccc(C(C)(C)C)cc1. The van der Waals surface area contributed by atoms with Crippen molar-refractivity contribution in [2.45, 2.75) is 45.6 Å². The van der Waals surface area contributed by atoms with Gasteiger partial charge in [0.1, 0.15) is 0 Å². The first-order valence-corrected chi connectivity index (χ1v) is 7.14. The molecule has 0 aliphatic heterocycles. The molecule has 1 aromatic carbocycles. The van der Waals surface area contributed by atoms with Crippen molar-refractivity contribution >= 4 is 0 Å². The molecule has 2 rings (SSSR count). The predicted octanol–water partition coefficient (Wildman–Crippen LogP) is 3.93. The van der Waals surface area contributed by atoms with Crippen LogP contribution in [0.25, 0.3) is 0 Å². The molecule has 1 heterocycles. The molecule has 0 aliphatic carbocycles. The molecule has 0 radical (unpaired) electrons. The maximum atomic E-state index is 6.29. The van der Waals surface area contributed by atoms with Crippen LogP contribution in [0.3, 0.4) is 0 Å². The van der Waals surface area contributed by atoms with Gasteiger partial charge in [-0.25, -0.2) is 0 Å². The number of hydrogen-bond acceptors (Lipinski definition) is 2. The number of nitrogens with zero attached hydrogens (tertiary/aromatic N) is 1. The molecule has 0 bridgehead atoms. The van der Waals surface area contributed by atoms with Gasteiger partial charge in [0.25, 0.3) is 0 Å². The summed E-state index contributed by atoms with van der Waals surface area (Å²) in [7, 11) is 0. The highest BCUT2D eigenvalue weighted by molar-refractivity contribution is 5.29. The minimum atomic E-state index is -0.0447. The second-order valence-electron chi connectivity index (χ2n) is 6.46. The highest BCUT2D eigenvalue weighted by Gasteiger charge is 2.14. The number of aryl methyl sites for hydroxylation is 1. The van der Waals surface area contributed by atoms with Gasteiger partial charge in [0.2, 0.25) is 0 Å². The van der Waals surface area contributed by atoms with Crippen molar-refractivity contribution in [3.8, 4) is 0 Å². The van der Waals surface area contributed by atoms with E-state index in [-0.39, 0.29) is 11.5 Å². The Morgan fingerprint density at radius 3 is 2.30 bits per heavy atom. The summed E-state index contributed by atoms with van der Waals surface area (Å²) in [6.45, 7) is 8.74. The van der Waals surface area contributed by atoms with E-state index in [1.165, 1.54) is 11.1 Å². The van der Waals surface area contributed by atoms with Crippen molar-refractivity contribution in [2.24, 2.45) is 5.73 Å². The molecule has 2 nitrogen and oxygen atoms in total. The molecule has 1 atom stereocenters. The first kappa shape index (κ1) is 14.7. The molecular formula is C18H24N2. The molecule has 106 valence electrons. The van der Waals surface area contributed by atoms with Crippen molar-refractivity contribution in [3.05, 3.63) is 65.0 Å². The van der Waals surface area contributed by atoms with E-state index in [1.807, 2.05) is 12.3 Å². The highest BCUT2D eigenvalue weighted by atomic mass is 14.8. The number of pyridine rings is 1. The van der Waals surface area contributed by atoms with Crippen molar-refractivity contribution in [1.29, 1.82) is 0 Å². The fourth-order valence-electron chi connectivity index (χ4n) is 2.38. The zero-order valence-corrected chi connectivity index (χ0v) is 12.9. The van der Waals surface area contributed by atoms with E-state index >= 15 is 0 Å². The second kappa shape index (κ2) is 5.76. The van der Waals surface area contributed by atoms with Crippen LogP contribution in [0.1, 0.15) is 49.2 Å². The molecule has 20 heavy (non-hydrogen) atoms. The van der Waals surface area contributed by atoms with Crippen LogP contribution in [0.2, 0.25) is 0 Å². The summed E-state index contributed by atoms with van der Waals surface area (Å²) < 4.78 is 0. The lowest BCUT2D eigenvalue weighted by Gasteiger charge is -2.20. The highest BCUT2D eigenvalue weighted by Crippen LogP contribution is 2.23. The third kappa shape index (κ3) is 3.45. The summed E-state index contributed by atoms with van der Waals surface area (Å²) in [5.74, 6) is 0. The van der Waals surface area contributed by atoms with E-state index in [2.05, 4.69) is 63.0 Å². The van der Waals surface area contributed by atoms with E-state index in [1.54, 1.807) is 0 Å². The van der Waals surface area contributed by atoms with Gasteiger partial charge in [0, 0.05) is 6.20 Å². The molecule has 2 N–H and O–H groups in total. The van der Waals surface area contributed by atoms with E-state index in [0.717, 1.165) is 17.7 Å². The Morgan fingerprint density at radius 2 is 1.75 bits per heavy atom. The van der Waals surface area contributed by atoms with Gasteiger partial charge in [0.05, 0.1) is 11.7 Å². The predicted molar refractivity (Wildman–Crippen MR) is 84.7 cm³/mol. The van der Waals surface area contributed by atoms with E-state index in [0.29, 0.717) is 0 Å². The van der Waals surface area contributed by atoms with Crippen molar-refractivity contribution < 1.29 is 0 Å². The Hall–Kier alpha value is -1.67. The zero-order valence-electron chi connectivity index (χ0n) is 12.9. The average Bonchev–Trinajstić information content (AvgIpc) is 2.38. The Balaban J connectivity index is 2.13. The summed E-state index contributed by atoms with van der Waals surface area (Å²) in [4.78, 5) is 4.41. The molecule has 0 fully saturated rings. The lowest BCUT2D eigenvalue weighted by atomic mass is 9.86. The molecule has 0 aliphatic rings. The van der Waals surface area contributed by atoms with Crippen LogP contribution in [0.4, 0.5) is 0 Å². The molecule has 1 aromatic heterocycles. The van der Waals surface area contributed by atoms with Gasteiger partial charge in [0.15, 0.2) is 0 Å². The van der Waals surface area contributed by atoms with Crippen molar-refractivity contribution in [3.63, 3.8) is 0 Å². The number of hydrogen-bond donors (Lipinski definition) is 1. The molecule has 1 unspecified atom stereocenters. The minimum absolute atomic E-state index is 0.0447. The zero-order chi connectivity index (χ0) is 14.8. The van der Waals surface area contributed by atoms with Gasteiger partial charge in [-0.15, -0.1) is 0 Å². The molecule has 0 spiro atoms. The van der Waals surface area contributed by atoms with Crippen molar-refractivity contribution in [2.75, 3.05) is 0 Å². The molecular weight excluding hydrogens is 244 g/mol. The number of benzene rings is 1. The van der Waals surface area contributed by atoms with Gasteiger partial charge in [-0.1, -0.05) is 51.1 Å². The molecule has 0 saturated heterocycles. The summed E-state index contributed by atoms with van der Waals surface area (Å²) in [6.07, 6.45) is 2.63. The summed E-state index contributed by atoms with van der Waals surface area (Å²) in [5, 5.41) is 0. The van der Waals surface area contributed by atoms with E-state index in [9.17, 15) is 0 Å². The number of aromatic nitrogens is 1. The van der Waals surface area contributed by atoms with Crippen LogP contribution >= 0.6 is 0 Å². The first-order chi connectivity index (χ1) is 9.38. The van der Waals surface area contributed by atoms with E-state index in [4.69, 9.17) is 5.73 Å². The lowest BCUT2D eigenvalue weighted by Crippen LogP contribution is -2.16. The summed E-state index contributed by atoms with van der Waals surface area (Å²) in [5.41, 5.74) is 11.2. The Morgan fingerprint density at radius 1 is 1.10 bits per heavy atom. The average molecular weight is 268 g/mol.